The number of hydrogen-bond donors (Lipinski definition) is 3. The third-order valence-corrected chi connectivity index (χ3v) is 4.11. The summed E-state index contributed by atoms with van der Waals surface area (Å²) in [6.45, 7) is 1.80. The topological polar surface area (TPSA) is 74.0 Å². The molecule has 0 radical (unpaired) electrons. The summed E-state index contributed by atoms with van der Waals surface area (Å²) >= 11 is 0. The molecule has 0 saturated carbocycles. The molecule has 5 nitrogen and oxygen atoms in total. The van der Waals surface area contributed by atoms with Crippen LogP contribution >= 0.6 is 12.4 Å². The van der Waals surface area contributed by atoms with Gasteiger partial charge in [-0.2, -0.15) is 0 Å². The summed E-state index contributed by atoms with van der Waals surface area (Å²) in [6.07, 6.45) is 4.32. The molecule has 0 aromatic carbocycles. The number of aryl methyl sites for hydroxylation is 1. The maximum Gasteiger partial charge on any atom is 0.260 e. The predicted octanol–water partition coefficient (Wildman–Crippen LogP) is 1.12. The van der Waals surface area contributed by atoms with Crippen LogP contribution < -0.4 is 16.2 Å². The van der Waals surface area contributed by atoms with E-state index in [0.717, 1.165) is 18.5 Å². The number of nitrogens with one attached hydrogen (secondary N) is 3. The van der Waals surface area contributed by atoms with Crippen LogP contribution in [-0.4, -0.2) is 29.0 Å². The quantitative estimate of drug-likeness (QED) is 0.766. The SMILES string of the molecule is Cc1ccc(C(=O)NC2CC3CCC(C2)N3)c(=O)[nH]1.Cl. The van der Waals surface area contributed by atoms with E-state index in [2.05, 4.69) is 15.6 Å². The van der Waals surface area contributed by atoms with E-state index in [1.54, 1.807) is 19.1 Å². The van der Waals surface area contributed by atoms with E-state index in [0.29, 0.717) is 12.1 Å². The van der Waals surface area contributed by atoms with Crippen molar-refractivity contribution in [2.45, 2.75) is 50.7 Å². The summed E-state index contributed by atoms with van der Waals surface area (Å²) < 4.78 is 0. The van der Waals surface area contributed by atoms with Gasteiger partial charge in [0.2, 0.25) is 0 Å². The Morgan fingerprint density at radius 1 is 1.25 bits per heavy atom. The van der Waals surface area contributed by atoms with Gasteiger partial charge in [0.15, 0.2) is 0 Å². The summed E-state index contributed by atoms with van der Waals surface area (Å²) in [6, 6.07) is 4.59. The molecule has 2 atom stereocenters. The summed E-state index contributed by atoms with van der Waals surface area (Å²) in [7, 11) is 0. The van der Waals surface area contributed by atoms with Crippen molar-refractivity contribution in [3.63, 3.8) is 0 Å². The Labute approximate surface area is 123 Å². The molecule has 2 aliphatic rings. The molecule has 20 heavy (non-hydrogen) atoms. The molecule has 1 aromatic heterocycles. The summed E-state index contributed by atoms with van der Waals surface area (Å²) in [5, 5.41) is 6.53. The molecule has 3 N–H and O–H groups in total. The zero-order valence-corrected chi connectivity index (χ0v) is 12.3. The number of piperidine rings is 1. The Kier molecular flexibility index (Phi) is 4.50. The van der Waals surface area contributed by atoms with Gasteiger partial charge in [0.05, 0.1) is 0 Å². The van der Waals surface area contributed by atoms with Crippen LogP contribution in [0.5, 0.6) is 0 Å². The Morgan fingerprint density at radius 3 is 2.50 bits per heavy atom. The highest BCUT2D eigenvalue weighted by Crippen LogP contribution is 2.26. The summed E-state index contributed by atoms with van der Waals surface area (Å²) in [4.78, 5) is 26.5. The van der Waals surface area contributed by atoms with Gasteiger partial charge in [-0.15, -0.1) is 12.4 Å². The molecular formula is C14H20ClN3O2. The van der Waals surface area contributed by atoms with Gasteiger partial charge in [0.25, 0.3) is 11.5 Å². The van der Waals surface area contributed by atoms with Gasteiger partial charge >= 0.3 is 0 Å². The number of hydrogen-bond acceptors (Lipinski definition) is 3. The first-order valence-electron chi connectivity index (χ1n) is 6.88. The van der Waals surface area contributed by atoms with Crippen molar-refractivity contribution in [2.75, 3.05) is 0 Å². The molecule has 2 fully saturated rings. The molecule has 2 unspecified atom stereocenters. The number of halogens is 1. The van der Waals surface area contributed by atoms with Gasteiger partial charge < -0.3 is 15.6 Å². The molecular weight excluding hydrogens is 278 g/mol. The first-order chi connectivity index (χ1) is 9.11. The number of pyridine rings is 1. The third-order valence-electron chi connectivity index (χ3n) is 4.11. The molecule has 3 heterocycles. The summed E-state index contributed by atoms with van der Waals surface area (Å²) in [5.41, 5.74) is 0.660. The first kappa shape index (κ1) is 15.1. The van der Waals surface area contributed by atoms with E-state index in [1.165, 1.54) is 12.8 Å². The second kappa shape index (κ2) is 5.97. The van der Waals surface area contributed by atoms with Crippen LogP contribution in [0.2, 0.25) is 0 Å². The fraction of sp³-hybridized carbons (Fsp3) is 0.571. The monoisotopic (exact) mass is 297 g/mol. The van der Waals surface area contributed by atoms with Crippen LogP contribution in [0.15, 0.2) is 16.9 Å². The lowest BCUT2D eigenvalue weighted by molar-refractivity contribution is 0.0922. The van der Waals surface area contributed by atoms with E-state index < -0.39 is 0 Å². The zero-order valence-electron chi connectivity index (χ0n) is 11.4. The van der Waals surface area contributed by atoms with Crippen LogP contribution in [0, 0.1) is 6.92 Å². The first-order valence-corrected chi connectivity index (χ1v) is 6.88. The second-order valence-electron chi connectivity index (χ2n) is 5.66. The van der Waals surface area contributed by atoms with Crippen LogP contribution in [0.1, 0.15) is 41.7 Å². The Balaban J connectivity index is 0.00000147. The number of fused-ring (bicyclic) bond motifs is 2. The van der Waals surface area contributed by atoms with Crippen molar-refractivity contribution < 1.29 is 4.79 Å². The average Bonchev–Trinajstić information content (AvgIpc) is 2.68. The number of carbonyl (C=O) groups excluding carboxylic acids is 1. The van der Waals surface area contributed by atoms with Gasteiger partial charge in [-0.25, -0.2) is 0 Å². The Bertz CT molecular complexity index is 546. The summed E-state index contributed by atoms with van der Waals surface area (Å²) in [5.74, 6) is -0.257. The minimum Gasteiger partial charge on any atom is -0.349 e. The minimum atomic E-state index is -0.311. The lowest BCUT2D eigenvalue weighted by atomic mass is 9.99. The smallest absolute Gasteiger partial charge is 0.260 e. The predicted molar refractivity (Wildman–Crippen MR) is 79.5 cm³/mol. The Morgan fingerprint density at radius 2 is 1.90 bits per heavy atom. The molecule has 2 bridgehead atoms. The van der Waals surface area contributed by atoms with Crippen molar-refractivity contribution in [2.24, 2.45) is 0 Å². The number of carbonyl (C=O) groups is 1. The third kappa shape index (κ3) is 3.04. The fourth-order valence-corrected chi connectivity index (χ4v) is 3.19. The molecule has 1 amide bonds. The van der Waals surface area contributed by atoms with Crippen molar-refractivity contribution >= 4 is 18.3 Å². The highest BCUT2D eigenvalue weighted by molar-refractivity contribution is 5.94. The molecule has 0 aliphatic carbocycles. The second-order valence-corrected chi connectivity index (χ2v) is 5.66. The van der Waals surface area contributed by atoms with Gasteiger partial charge in [-0.1, -0.05) is 0 Å². The molecule has 2 aliphatic heterocycles. The molecule has 3 rings (SSSR count). The van der Waals surface area contributed by atoms with Gasteiger partial charge in [0, 0.05) is 23.8 Å². The maximum atomic E-state index is 12.1. The minimum absolute atomic E-state index is 0. The molecule has 1 aromatic rings. The van der Waals surface area contributed by atoms with E-state index in [1.807, 2.05) is 0 Å². The van der Waals surface area contributed by atoms with Crippen LogP contribution in [0.4, 0.5) is 0 Å². The van der Waals surface area contributed by atoms with E-state index in [9.17, 15) is 9.59 Å². The highest BCUT2D eigenvalue weighted by Gasteiger charge is 2.34. The van der Waals surface area contributed by atoms with Crippen molar-refractivity contribution in [1.82, 2.24) is 15.6 Å². The number of aromatic nitrogens is 1. The maximum absolute atomic E-state index is 12.1. The van der Waals surface area contributed by atoms with E-state index >= 15 is 0 Å². The van der Waals surface area contributed by atoms with Gasteiger partial charge in [-0.3, -0.25) is 9.59 Å². The van der Waals surface area contributed by atoms with Gasteiger partial charge in [-0.05, 0) is 44.7 Å². The number of aromatic amines is 1. The lowest BCUT2D eigenvalue weighted by Crippen LogP contribution is -2.48. The van der Waals surface area contributed by atoms with Crippen LogP contribution in [0.3, 0.4) is 0 Å². The normalized spacial score (nSPS) is 27.8. The highest BCUT2D eigenvalue weighted by atomic mass is 35.5. The average molecular weight is 298 g/mol. The number of H-pyrrole nitrogens is 1. The molecule has 0 spiro atoms. The largest absolute Gasteiger partial charge is 0.349 e. The fourth-order valence-electron chi connectivity index (χ4n) is 3.19. The molecule has 110 valence electrons. The number of rotatable bonds is 2. The molecule has 6 heteroatoms. The van der Waals surface area contributed by atoms with Crippen LogP contribution in [0.25, 0.3) is 0 Å². The van der Waals surface area contributed by atoms with Crippen molar-refractivity contribution in [3.05, 3.63) is 33.7 Å². The van der Waals surface area contributed by atoms with Gasteiger partial charge in [0.1, 0.15) is 5.56 Å². The van der Waals surface area contributed by atoms with E-state index in [-0.39, 0.29) is 35.5 Å². The van der Waals surface area contributed by atoms with E-state index in [4.69, 9.17) is 0 Å². The Hall–Kier alpha value is -1.33. The number of amides is 1. The lowest BCUT2D eigenvalue weighted by Gasteiger charge is -2.29. The van der Waals surface area contributed by atoms with Crippen LogP contribution in [-0.2, 0) is 0 Å². The molecule has 2 saturated heterocycles. The van der Waals surface area contributed by atoms with Crippen molar-refractivity contribution in [1.29, 1.82) is 0 Å². The zero-order chi connectivity index (χ0) is 13.4. The van der Waals surface area contributed by atoms with Crippen molar-refractivity contribution in [3.8, 4) is 0 Å². The standard InChI is InChI=1S/C14H19N3O2.ClH/c1-8-2-5-12(13(18)15-8)14(19)17-11-6-9-3-4-10(7-11)16-9;/h2,5,9-11,16H,3-4,6-7H2,1H3,(H,15,18)(H,17,19);1H.